The first kappa shape index (κ1) is 15.0. The van der Waals surface area contributed by atoms with Crippen LogP contribution in [-0.2, 0) is 9.84 Å². The zero-order chi connectivity index (χ0) is 15.0. The standard InChI is InChI=1S/C16H24N2O2S/c1-12(13-5-7-15(8-6-13)21(2,19)20)18-9-3-4-14-10-17-11-16(14)18/h5-8,12,14,16-17H,3-4,9-11H2,1-2H3. The Morgan fingerprint density at radius 2 is 1.95 bits per heavy atom. The molecule has 21 heavy (non-hydrogen) atoms. The molecule has 2 saturated heterocycles. The van der Waals surface area contributed by atoms with E-state index < -0.39 is 9.84 Å². The molecule has 0 aromatic heterocycles. The SMILES string of the molecule is CC(c1ccc(S(C)(=O)=O)cc1)N1CCCC2CNCC21. The van der Waals surface area contributed by atoms with Gasteiger partial charge in [0.05, 0.1) is 4.90 Å². The molecule has 0 spiro atoms. The Labute approximate surface area is 127 Å². The Morgan fingerprint density at radius 1 is 1.24 bits per heavy atom. The van der Waals surface area contributed by atoms with Crippen LogP contribution in [0.3, 0.4) is 0 Å². The van der Waals surface area contributed by atoms with Crippen LogP contribution in [0.1, 0.15) is 31.4 Å². The number of sulfone groups is 1. The highest BCUT2D eigenvalue weighted by Gasteiger charge is 2.37. The summed E-state index contributed by atoms with van der Waals surface area (Å²) in [7, 11) is -3.11. The molecule has 2 aliphatic rings. The Bertz CT molecular complexity index is 597. The molecule has 2 heterocycles. The first-order chi connectivity index (χ1) is 9.97. The molecule has 1 aromatic carbocycles. The summed E-state index contributed by atoms with van der Waals surface area (Å²) in [6.45, 7) is 5.59. The molecular formula is C16H24N2O2S. The number of likely N-dealkylation sites (tertiary alicyclic amines) is 1. The van der Waals surface area contributed by atoms with Crippen LogP contribution >= 0.6 is 0 Å². The van der Waals surface area contributed by atoms with Crippen LogP contribution in [0.15, 0.2) is 29.2 Å². The molecule has 0 amide bonds. The lowest BCUT2D eigenvalue weighted by atomic mass is 9.90. The maximum absolute atomic E-state index is 11.5. The molecule has 4 nitrogen and oxygen atoms in total. The number of nitrogens with one attached hydrogen (secondary N) is 1. The molecule has 3 atom stereocenters. The Hall–Kier alpha value is -0.910. The van der Waals surface area contributed by atoms with Crippen molar-refractivity contribution in [3.63, 3.8) is 0 Å². The minimum atomic E-state index is -3.11. The molecule has 1 aromatic rings. The van der Waals surface area contributed by atoms with E-state index >= 15 is 0 Å². The van der Waals surface area contributed by atoms with E-state index in [0.29, 0.717) is 17.0 Å². The first-order valence-corrected chi connectivity index (χ1v) is 9.62. The average Bonchev–Trinajstić information content (AvgIpc) is 2.94. The molecule has 1 N–H and O–H groups in total. The fraction of sp³-hybridized carbons (Fsp3) is 0.625. The van der Waals surface area contributed by atoms with E-state index in [1.165, 1.54) is 24.7 Å². The van der Waals surface area contributed by atoms with Gasteiger partial charge in [-0.2, -0.15) is 0 Å². The van der Waals surface area contributed by atoms with Crippen molar-refractivity contribution in [1.82, 2.24) is 10.2 Å². The second-order valence-electron chi connectivity index (χ2n) is 6.38. The minimum Gasteiger partial charge on any atom is -0.315 e. The molecule has 5 heteroatoms. The predicted octanol–water partition coefficient (Wildman–Crippen LogP) is 1.83. The van der Waals surface area contributed by atoms with Crippen LogP contribution in [0.25, 0.3) is 0 Å². The van der Waals surface area contributed by atoms with Gasteiger partial charge in [0.1, 0.15) is 0 Å². The van der Waals surface area contributed by atoms with E-state index in [1.54, 1.807) is 12.1 Å². The van der Waals surface area contributed by atoms with Gasteiger partial charge < -0.3 is 5.32 Å². The molecule has 0 bridgehead atoms. The number of hydrogen-bond donors (Lipinski definition) is 1. The van der Waals surface area contributed by atoms with Crippen molar-refractivity contribution in [2.45, 2.75) is 36.7 Å². The third kappa shape index (κ3) is 3.00. The van der Waals surface area contributed by atoms with Crippen molar-refractivity contribution >= 4 is 9.84 Å². The molecular weight excluding hydrogens is 284 g/mol. The van der Waals surface area contributed by atoms with Gasteiger partial charge in [-0.05, 0) is 56.5 Å². The van der Waals surface area contributed by atoms with Crippen molar-refractivity contribution in [3.8, 4) is 0 Å². The van der Waals surface area contributed by atoms with Gasteiger partial charge in [-0.15, -0.1) is 0 Å². The maximum atomic E-state index is 11.5. The van der Waals surface area contributed by atoms with Crippen LogP contribution in [-0.4, -0.2) is 45.2 Å². The summed E-state index contributed by atoms with van der Waals surface area (Å²) >= 11 is 0. The van der Waals surface area contributed by atoms with Crippen molar-refractivity contribution < 1.29 is 8.42 Å². The van der Waals surface area contributed by atoms with Crippen molar-refractivity contribution in [2.75, 3.05) is 25.9 Å². The molecule has 3 rings (SSSR count). The number of benzene rings is 1. The number of piperidine rings is 1. The summed E-state index contributed by atoms with van der Waals surface area (Å²) in [5.41, 5.74) is 1.20. The van der Waals surface area contributed by atoms with E-state index in [-0.39, 0.29) is 0 Å². The molecule has 2 fully saturated rings. The van der Waals surface area contributed by atoms with Gasteiger partial charge in [0, 0.05) is 24.9 Å². The fourth-order valence-corrected chi connectivity index (χ4v) is 4.40. The van der Waals surface area contributed by atoms with Gasteiger partial charge >= 0.3 is 0 Å². The van der Waals surface area contributed by atoms with E-state index in [1.807, 2.05) is 12.1 Å². The van der Waals surface area contributed by atoms with Crippen LogP contribution in [0, 0.1) is 5.92 Å². The lowest BCUT2D eigenvalue weighted by Crippen LogP contribution is -2.46. The minimum absolute atomic E-state index is 0.339. The number of nitrogens with zero attached hydrogens (tertiary/aromatic N) is 1. The van der Waals surface area contributed by atoms with Crippen molar-refractivity contribution in [2.24, 2.45) is 5.92 Å². The number of hydrogen-bond acceptors (Lipinski definition) is 4. The van der Waals surface area contributed by atoms with Crippen LogP contribution < -0.4 is 5.32 Å². The third-order valence-electron chi connectivity index (χ3n) is 5.01. The van der Waals surface area contributed by atoms with E-state index in [2.05, 4.69) is 17.1 Å². The van der Waals surface area contributed by atoms with Crippen LogP contribution in [0.5, 0.6) is 0 Å². The zero-order valence-corrected chi connectivity index (χ0v) is 13.6. The van der Waals surface area contributed by atoms with E-state index in [4.69, 9.17) is 0 Å². The number of rotatable bonds is 3. The maximum Gasteiger partial charge on any atom is 0.175 e. The molecule has 2 aliphatic heterocycles. The summed E-state index contributed by atoms with van der Waals surface area (Å²) < 4.78 is 23.1. The van der Waals surface area contributed by atoms with Crippen molar-refractivity contribution in [3.05, 3.63) is 29.8 Å². The lowest BCUT2D eigenvalue weighted by Gasteiger charge is -2.41. The fourth-order valence-electron chi connectivity index (χ4n) is 3.77. The average molecular weight is 308 g/mol. The molecule has 0 radical (unpaired) electrons. The van der Waals surface area contributed by atoms with E-state index in [0.717, 1.165) is 25.6 Å². The summed E-state index contributed by atoms with van der Waals surface area (Å²) in [5.74, 6) is 0.775. The Kier molecular flexibility index (Phi) is 4.08. The monoisotopic (exact) mass is 308 g/mol. The third-order valence-corrected chi connectivity index (χ3v) is 6.14. The Morgan fingerprint density at radius 3 is 2.62 bits per heavy atom. The largest absolute Gasteiger partial charge is 0.315 e. The topological polar surface area (TPSA) is 49.4 Å². The van der Waals surface area contributed by atoms with Gasteiger partial charge in [0.2, 0.25) is 0 Å². The van der Waals surface area contributed by atoms with Crippen molar-refractivity contribution in [1.29, 1.82) is 0 Å². The second-order valence-corrected chi connectivity index (χ2v) is 8.40. The molecule has 0 saturated carbocycles. The summed E-state index contributed by atoms with van der Waals surface area (Å²) in [4.78, 5) is 2.99. The highest BCUT2D eigenvalue weighted by atomic mass is 32.2. The quantitative estimate of drug-likeness (QED) is 0.925. The van der Waals surface area contributed by atoms with Gasteiger partial charge in [-0.25, -0.2) is 8.42 Å². The predicted molar refractivity (Wildman–Crippen MR) is 84.1 cm³/mol. The normalized spacial score (nSPS) is 28.3. The van der Waals surface area contributed by atoms with Gasteiger partial charge in [-0.3, -0.25) is 4.90 Å². The summed E-state index contributed by atoms with van der Waals surface area (Å²) in [5, 5.41) is 3.51. The number of fused-ring (bicyclic) bond motifs is 1. The smallest absolute Gasteiger partial charge is 0.175 e. The van der Waals surface area contributed by atoms with Gasteiger partial charge in [0.25, 0.3) is 0 Å². The molecule has 116 valence electrons. The molecule has 3 unspecified atom stereocenters. The van der Waals surface area contributed by atoms with E-state index in [9.17, 15) is 8.42 Å². The highest BCUT2D eigenvalue weighted by molar-refractivity contribution is 7.90. The second kappa shape index (κ2) is 5.71. The van der Waals surface area contributed by atoms with Gasteiger partial charge in [-0.1, -0.05) is 12.1 Å². The molecule has 0 aliphatic carbocycles. The summed E-state index contributed by atoms with van der Waals surface area (Å²) in [6.07, 6.45) is 3.84. The summed E-state index contributed by atoms with van der Waals surface area (Å²) in [6, 6.07) is 8.36. The van der Waals surface area contributed by atoms with Gasteiger partial charge in [0.15, 0.2) is 9.84 Å². The van der Waals surface area contributed by atoms with Crippen LogP contribution in [0.2, 0.25) is 0 Å². The lowest BCUT2D eigenvalue weighted by molar-refractivity contribution is 0.0847. The highest BCUT2D eigenvalue weighted by Crippen LogP contribution is 2.33. The zero-order valence-electron chi connectivity index (χ0n) is 12.7. The Balaban J connectivity index is 1.79. The van der Waals surface area contributed by atoms with Crippen LogP contribution in [0.4, 0.5) is 0 Å². The first-order valence-electron chi connectivity index (χ1n) is 7.73.